The standard InChI is InChI=1S/C37H45NO10.2Ac/c1-19-23(48-33(44)29(41)27(21-12-8-6-9-13-21)38-32(43)22-14-10-7-11-15-22)17-37(46)20(2)30-35(5,24(39)16-25-36(30,45)18-47-25)31(42)28(40)26(19)34(37,3)4;;/h6-15,20,23-25,27-30,39-41,45-46H,16-18H2,1-5H3,(H,38,43);;/t20?,23?,24?,25?,27?,28?,29?,30?,35-,36+,37?;;/m1../s1. The van der Waals surface area contributed by atoms with Gasteiger partial charge in [-0.25, -0.2) is 4.79 Å². The van der Waals surface area contributed by atoms with E-state index >= 15 is 0 Å². The summed E-state index contributed by atoms with van der Waals surface area (Å²) in [4.78, 5) is 41.2. The van der Waals surface area contributed by atoms with Crippen molar-refractivity contribution in [2.45, 2.75) is 95.2 Å². The van der Waals surface area contributed by atoms with Gasteiger partial charge in [0.05, 0.1) is 35.9 Å². The van der Waals surface area contributed by atoms with E-state index in [0.717, 1.165) is 0 Å². The molecule has 0 aromatic heterocycles. The molecule has 4 aliphatic rings. The average molecular weight is 1120 g/mol. The first kappa shape index (κ1) is 42.2. The number of benzene rings is 2. The molecule has 1 saturated heterocycles. The van der Waals surface area contributed by atoms with Crippen molar-refractivity contribution in [3.63, 3.8) is 0 Å². The van der Waals surface area contributed by atoms with E-state index in [4.69, 9.17) is 9.47 Å². The van der Waals surface area contributed by atoms with Crippen molar-refractivity contribution in [1.29, 1.82) is 0 Å². The zero-order chi connectivity index (χ0) is 35.0. The van der Waals surface area contributed by atoms with Crippen LogP contribution in [-0.4, -0.2) is 91.5 Å². The SMILES string of the molecule is CC1=C2C(O)C(=O)[C@]3(C)C(O)CC4OC[C@@]4(O)C3C(C)C(O)(CC1OC(=O)C(O)C(NC(=O)c1ccccc1)c1ccccc1)C2(C)C.[Ac].[Ac]. The molecule has 9 unspecified atom stereocenters. The van der Waals surface area contributed by atoms with Crippen LogP contribution in [0.15, 0.2) is 71.8 Å². The maximum Gasteiger partial charge on any atom is 0.338 e. The Bertz CT molecular complexity index is 1640. The molecule has 264 valence electrons. The number of rotatable bonds is 6. The third kappa shape index (κ3) is 6.50. The number of hydrogen-bond donors (Lipinski definition) is 6. The van der Waals surface area contributed by atoms with Gasteiger partial charge in [0.2, 0.25) is 0 Å². The predicted octanol–water partition coefficient (Wildman–Crippen LogP) is 2.00. The smallest absolute Gasteiger partial charge is 0.338 e. The third-order valence-corrected chi connectivity index (χ3v) is 12.2. The van der Waals surface area contributed by atoms with Crippen LogP contribution < -0.4 is 5.32 Å². The Morgan fingerprint density at radius 2 is 1.56 bits per heavy atom. The van der Waals surface area contributed by atoms with Crippen LogP contribution in [0.2, 0.25) is 0 Å². The number of esters is 1. The Labute approximate surface area is 363 Å². The van der Waals surface area contributed by atoms with E-state index in [2.05, 4.69) is 5.32 Å². The summed E-state index contributed by atoms with van der Waals surface area (Å²) in [5, 5.41) is 62.0. The van der Waals surface area contributed by atoms with Gasteiger partial charge in [-0.05, 0) is 48.6 Å². The number of ether oxygens (including phenoxy) is 2. The number of ketones is 1. The van der Waals surface area contributed by atoms with Gasteiger partial charge in [0.1, 0.15) is 17.8 Å². The fraction of sp³-hybridized carbons (Fsp3) is 0.541. The van der Waals surface area contributed by atoms with E-state index in [1.165, 1.54) is 6.92 Å². The largest absolute Gasteiger partial charge is 0.456 e. The fourth-order valence-corrected chi connectivity index (χ4v) is 9.28. The molecule has 1 heterocycles. The van der Waals surface area contributed by atoms with Crippen LogP contribution in [0.5, 0.6) is 0 Å². The molecule has 3 fully saturated rings. The monoisotopic (exact) mass is 1120 g/mol. The number of carbonyl (C=O) groups excluding carboxylic acids is 3. The van der Waals surface area contributed by atoms with Gasteiger partial charge in [-0.1, -0.05) is 69.3 Å². The zero-order valence-corrected chi connectivity index (χ0v) is 38.4. The molecule has 1 amide bonds. The van der Waals surface area contributed by atoms with E-state index < -0.39 is 88.1 Å². The quantitative estimate of drug-likeness (QED) is 0.185. The van der Waals surface area contributed by atoms with E-state index in [9.17, 15) is 39.9 Å². The van der Waals surface area contributed by atoms with Gasteiger partial charge in [0.15, 0.2) is 11.9 Å². The molecular weight excluding hydrogens is 1070 g/mol. The zero-order valence-electron chi connectivity index (χ0n) is 28.9. The van der Waals surface area contributed by atoms with Crippen LogP contribution in [0.25, 0.3) is 0 Å². The van der Waals surface area contributed by atoms with E-state index in [1.807, 2.05) is 0 Å². The summed E-state index contributed by atoms with van der Waals surface area (Å²) in [6, 6.07) is 15.6. The fourth-order valence-electron chi connectivity index (χ4n) is 9.28. The van der Waals surface area contributed by atoms with Crippen molar-refractivity contribution < 1.29 is 138 Å². The molecule has 13 heteroatoms. The number of hydrogen-bond acceptors (Lipinski definition) is 10. The summed E-state index contributed by atoms with van der Waals surface area (Å²) in [5.74, 6) is -4.18. The minimum Gasteiger partial charge on any atom is -0.456 e. The van der Waals surface area contributed by atoms with Crippen molar-refractivity contribution in [1.82, 2.24) is 5.32 Å². The summed E-state index contributed by atoms with van der Waals surface area (Å²) in [6.07, 6.45) is -7.06. The Morgan fingerprint density at radius 1 is 0.980 bits per heavy atom. The van der Waals surface area contributed by atoms with E-state index in [1.54, 1.807) is 88.4 Å². The van der Waals surface area contributed by atoms with Crippen molar-refractivity contribution in [2.75, 3.05) is 6.61 Å². The molecule has 2 radical (unpaired) electrons. The van der Waals surface area contributed by atoms with Crippen LogP contribution in [0.1, 0.15) is 69.4 Å². The molecule has 2 aromatic carbocycles. The first-order valence-corrected chi connectivity index (χ1v) is 16.5. The van der Waals surface area contributed by atoms with Crippen molar-refractivity contribution in [2.24, 2.45) is 22.7 Å². The van der Waals surface area contributed by atoms with E-state index in [-0.39, 0.29) is 113 Å². The van der Waals surface area contributed by atoms with Gasteiger partial charge in [0.25, 0.3) is 5.91 Å². The second-order valence-electron chi connectivity index (χ2n) is 14.8. The minimum atomic E-state index is -1.87. The molecule has 3 aliphatic carbocycles. The summed E-state index contributed by atoms with van der Waals surface area (Å²) in [7, 11) is 0. The van der Waals surface area contributed by atoms with Crippen LogP contribution in [-0.2, 0) is 19.1 Å². The van der Waals surface area contributed by atoms with Crippen LogP contribution in [0.3, 0.4) is 0 Å². The summed E-state index contributed by atoms with van der Waals surface area (Å²) in [6.45, 7) is 8.16. The molecule has 50 heavy (non-hydrogen) atoms. The van der Waals surface area contributed by atoms with Gasteiger partial charge < -0.3 is 40.3 Å². The topological polar surface area (TPSA) is 183 Å². The number of Topliss-reactive ketones (excluding diaryl/α,β-unsaturated/α-hetero) is 1. The van der Waals surface area contributed by atoms with Gasteiger partial charge in [0, 0.05) is 118 Å². The molecule has 11 atom stereocenters. The normalized spacial score (nSPS) is 36.7. The minimum absolute atomic E-state index is 0. The molecule has 2 aromatic rings. The molecule has 2 saturated carbocycles. The van der Waals surface area contributed by atoms with Gasteiger partial charge in [-0.15, -0.1) is 0 Å². The number of aliphatic hydroxyl groups excluding tert-OH is 3. The second-order valence-corrected chi connectivity index (χ2v) is 14.8. The maximum atomic E-state index is 14.3. The summed E-state index contributed by atoms with van der Waals surface area (Å²) < 4.78 is 11.5. The van der Waals surface area contributed by atoms with Crippen LogP contribution in [0.4, 0.5) is 0 Å². The molecule has 2 bridgehead atoms. The Hall–Kier alpha value is -0.567. The van der Waals surface area contributed by atoms with E-state index in [0.29, 0.717) is 16.7 Å². The van der Waals surface area contributed by atoms with Crippen molar-refractivity contribution in [3.8, 4) is 0 Å². The Morgan fingerprint density at radius 3 is 2.12 bits per heavy atom. The number of amides is 1. The maximum absolute atomic E-state index is 14.3. The molecule has 6 N–H and O–H groups in total. The molecule has 11 nitrogen and oxygen atoms in total. The number of aliphatic hydroxyl groups is 5. The summed E-state index contributed by atoms with van der Waals surface area (Å²) in [5.41, 5.74) is -4.94. The number of fused-ring (bicyclic) bond motifs is 5. The first-order valence-electron chi connectivity index (χ1n) is 16.5. The van der Waals surface area contributed by atoms with Crippen molar-refractivity contribution >= 4 is 17.7 Å². The predicted molar refractivity (Wildman–Crippen MR) is 172 cm³/mol. The molecular formula is C37H45Ac2NO10. The Balaban J connectivity index is 0.00000281. The van der Waals surface area contributed by atoms with Gasteiger partial charge in [-0.3, -0.25) is 9.59 Å². The second kappa shape index (κ2) is 15.3. The van der Waals surface area contributed by atoms with Gasteiger partial charge in [-0.2, -0.15) is 0 Å². The number of carbonyl (C=O) groups is 3. The van der Waals surface area contributed by atoms with Crippen molar-refractivity contribution in [3.05, 3.63) is 82.9 Å². The third-order valence-electron chi connectivity index (χ3n) is 12.2. The Kier molecular flexibility index (Phi) is 12.9. The van der Waals surface area contributed by atoms with Crippen LogP contribution in [0, 0.1) is 111 Å². The number of nitrogens with one attached hydrogen (secondary N) is 1. The molecule has 1 aliphatic heterocycles. The van der Waals surface area contributed by atoms with Gasteiger partial charge >= 0.3 is 5.97 Å². The molecule has 6 rings (SSSR count). The van der Waals surface area contributed by atoms with Crippen LogP contribution >= 0.6 is 0 Å². The summed E-state index contributed by atoms with van der Waals surface area (Å²) >= 11 is 0. The molecule has 0 spiro atoms. The average Bonchev–Trinajstić information content (AvgIpc) is 3.06. The first-order chi connectivity index (χ1) is 22.5.